The molecule has 0 amide bonds. The third kappa shape index (κ3) is 3.57. The number of aryl methyl sites for hydroxylation is 2. The third-order valence-corrected chi connectivity index (χ3v) is 5.36. The molecule has 3 aromatic rings. The van der Waals surface area contributed by atoms with Crippen molar-refractivity contribution >= 4 is 5.78 Å². The SMILES string of the molecule is Cc1ccc(CC2(C#Cc3ccccc3)CCc3ccccc3C2=O)cc1. The van der Waals surface area contributed by atoms with Crippen LogP contribution >= 0.6 is 0 Å². The highest BCUT2D eigenvalue weighted by Gasteiger charge is 2.41. The predicted octanol–water partition coefficient (Wildman–Crippen LogP) is 5.40. The van der Waals surface area contributed by atoms with Gasteiger partial charge in [-0.15, -0.1) is 0 Å². The Hall–Kier alpha value is -3.11. The minimum Gasteiger partial charge on any atom is -0.292 e. The van der Waals surface area contributed by atoms with E-state index < -0.39 is 5.41 Å². The second-order valence-corrected chi connectivity index (χ2v) is 7.35. The van der Waals surface area contributed by atoms with E-state index in [4.69, 9.17) is 0 Å². The molecule has 0 saturated carbocycles. The van der Waals surface area contributed by atoms with Gasteiger partial charge in [0, 0.05) is 11.1 Å². The van der Waals surface area contributed by atoms with Gasteiger partial charge < -0.3 is 0 Å². The molecule has 4 rings (SSSR count). The van der Waals surface area contributed by atoms with Gasteiger partial charge in [0.1, 0.15) is 0 Å². The molecule has 0 aliphatic heterocycles. The lowest BCUT2D eigenvalue weighted by atomic mass is 9.67. The normalized spacial score (nSPS) is 18.3. The first-order valence-corrected chi connectivity index (χ1v) is 9.43. The Bertz CT molecular complexity index is 1020. The van der Waals surface area contributed by atoms with Crippen molar-refractivity contribution in [1.29, 1.82) is 0 Å². The standard InChI is InChI=1S/C26H22O/c1-20-11-13-22(14-12-20)19-26(17-15-21-7-3-2-4-8-21)18-16-23-9-5-6-10-24(23)25(26)27/h2-14H,16,18-19H2,1H3. The first-order valence-electron chi connectivity index (χ1n) is 9.43. The van der Waals surface area contributed by atoms with Gasteiger partial charge in [-0.25, -0.2) is 0 Å². The lowest BCUT2D eigenvalue weighted by molar-refractivity contribution is 0.0836. The van der Waals surface area contributed by atoms with Gasteiger partial charge in [0.2, 0.25) is 0 Å². The number of carbonyl (C=O) groups excluding carboxylic acids is 1. The average molecular weight is 350 g/mol. The lowest BCUT2D eigenvalue weighted by Gasteiger charge is -2.32. The number of rotatable bonds is 2. The average Bonchev–Trinajstić information content (AvgIpc) is 2.72. The number of hydrogen-bond donors (Lipinski definition) is 0. The van der Waals surface area contributed by atoms with Crippen LogP contribution in [0.3, 0.4) is 0 Å². The third-order valence-electron chi connectivity index (χ3n) is 5.36. The van der Waals surface area contributed by atoms with Gasteiger partial charge in [0.15, 0.2) is 5.78 Å². The van der Waals surface area contributed by atoms with Crippen LogP contribution in [0.4, 0.5) is 0 Å². The maximum absolute atomic E-state index is 13.5. The van der Waals surface area contributed by atoms with Gasteiger partial charge in [-0.2, -0.15) is 0 Å². The van der Waals surface area contributed by atoms with E-state index in [1.807, 2.05) is 48.5 Å². The van der Waals surface area contributed by atoms with Crippen LogP contribution in [0.2, 0.25) is 0 Å². The van der Waals surface area contributed by atoms with Crippen LogP contribution in [-0.4, -0.2) is 5.78 Å². The van der Waals surface area contributed by atoms with Crippen molar-refractivity contribution in [3.63, 3.8) is 0 Å². The van der Waals surface area contributed by atoms with Crippen molar-refractivity contribution in [1.82, 2.24) is 0 Å². The molecule has 1 nitrogen and oxygen atoms in total. The molecule has 1 heteroatoms. The molecule has 3 aromatic carbocycles. The Kier molecular flexibility index (Phi) is 4.65. The zero-order chi connectivity index (χ0) is 18.7. The van der Waals surface area contributed by atoms with Crippen molar-refractivity contribution in [3.8, 4) is 11.8 Å². The Morgan fingerprint density at radius 2 is 1.59 bits per heavy atom. The van der Waals surface area contributed by atoms with Gasteiger partial charge in [0.05, 0.1) is 5.41 Å². The minimum atomic E-state index is -0.667. The van der Waals surface area contributed by atoms with Gasteiger partial charge in [0.25, 0.3) is 0 Å². The van der Waals surface area contributed by atoms with Crippen LogP contribution in [0.15, 0.2) is 78.9 Å². The van der Waals surface area contributed by atoms with E-state index in [2.05, 4.69) is 49.1 Å². The number of ketones is 1. The molecule has 0 spiro atoms. The highest BCUT2D eigenvalue weighted by Crippen LogP contribution is 2.38. The molecule has 1 aliphatic rings. The summed E-state index contributed by atoms with van der Waals surface area (Å²) in [5, 5.41) is 0. The summed E-state index contributed by atoms with van der Waals surface area (Å²) in [4.78, 5) is 13.5. The summed E-state index contributed by atoms with van der Waals surface area (Å²) in [5.74, 6) is 6.84. The zero-order valence-electron chi connectivity index (χ0n) is 15.5. The summed E-state index contributed by atoms with van der Waals surface area (Å²) in [6.45, 7) is 2.08. The van der Waals surface area contributed by atoms with Crippen molar-refractivity contribution in [2.75, 3.05) is 0 Å². The Morgan fingerprint density at radius 1 is 0.889 bits per heavy atom. The van der Waals surface area contributed by atoms with E-state index in [0.29, 0.717) is 6.42 Å². The molecule has 0 fully saturated rings. The monoisotopic (exact) mass is 350 g/mol. The number of fused-ring (bicyclic) bond motifs is 1. The van der Waals surface area contributed by atoms with Crippen LogP contribution in [0.5, 0.6) is 0 Å². The molecule has 27 heavy (non-hydrogen) atoms. The summed E-state index contributed by atoms with van der Waals surface area (Å²) in [6, 6.07) is 26.4. The largest absolute Gasteiger partial charge is 0.292 e. The highest BCUT2D eigenvalue weighted by molar-refractivity contribution is 6.05. The van der Waals surface area contributed by atoms with Gasteiger partial charge in [-0.3, -0.25) is 4.79 Å². The van der Waals surface area contributed by atoms with E-state index in [-0.39, 0.29) is 5.78 Å². The smallest absolute Gasteiger partial charge is 0.181 e. The lowest BCUT2D eigenvalue weighted by Crippen LogP contribution is -2.37. The summed E-state index contributed by atoms with van der Waals surface area (Å²) < 4.78 is 0. The predicted molar refractivity (Wildman–Crippen MR) is 110 cm³/mol. The Morgan fingerprint density at radius 3 is 2.37 bits per heavy atom. The second kappa shape index (κ2) is 7.25. The molecule has 0 radical (unpaired) electrons. The van der Waals surface area contributed by atoms with Crippen LogP contribution in [0.1, 0.15) is 39.0 Å². The van der Waals surface area contributed by atoms with Crippen molar-refractivity contribution in [2.24, 2.45) is 5.41 Å². The molecular weight excluding hydrogens is 328 g/mol. The second-order valence-electron chi connectivity index (χ2n) is 7.35. The van der Waals surface area contributed by atoms with Crippen LogP contribution < -0.4 is 0 Å². The van der Waals surface area contributed by atoms with Gasteiger partial charge in [-0.1, -0.05) is 84.1 Å². The van der Waals surface area contributed by atoms with Gasteiger partial charge >= 0.3 is 0 Å². The van der Waals surface area contributed by atoms with E-state index in [9.17, 15) is 4.79 Å². The first-order chi connectivity index (χ1) is 13.2. The van der Waals surface area contributed by atoms with E-state index in [1.54, 1.807) is 0 Å². The maximum atomic E-state index is 13.5. The number of carbonyl (C=O) groups is 1. The van der Waals surface area contributed by atoms with Crippen molar-refractivity contribution < 1.29 is 4.79 Å². The summed E-state index contributed by atoms with van der Waals surface area (Å²) in [7, 11) is 0. The first kappa shape index (κ1) is 17.3. The van der Waals surface area contributed by atoms with Crippen LogP contribution in [-0.2, 0) is 12.8 Å². The molecule has 1 aliphatic carbocycles. The zero-order valence-corrected chi connectivity index (χ0v) is 15.5. The molecule has 1 unspecified atom stereocenters. The van der Waals surface area contributed by atoms with Crippen molar-refractivity contribution in [3.05, 3.63) is 107 Å². The maximum Gasteiger partial charge on any atom is 0.181 e. The minimum absolute atomic E-state index is 0.161. The topological polar surface area (TPSA) is 17.1 Å². The molecular formula is C26H22O. The van der Waals surface area contributed by atoms with E-state index in [0.717, 1.165) is 35.1 Å². The number of Topliss-reactive ketones (excluding diaryl/α,β-unsaturated/α-hetero) is 1. The van der Waals surface area contributed by atoms with Crippen LogP contribution in [0.25, 0.3) is 0 Å². The van der Waals surface area contributed by atoms with E-state index in [1.165, 1.54) is 5.56 Å². The fraction of sp³-hybridized carbons (Fsp3) is 0.192. The fourth-order valence-corrected chi connectivity index (χ4v) is 3.78. The summed E-state index contributed by atoms with van der Waals surface area (Å²) >= 11 is 0. The summed E-state index contributed by atoms with van der Waals surface area (Å²) in [6.07, 6.45) is 2.30. The highest BCUT2D eigenvalue weighted by atomic mass is 16.1. The quantitative estimate of drug-likeness (QED) is 0.565. The molecule has 1 atom stereocenters. The van der Waals surface area contributed by atoms with Gasteiger partial charge in [-0.05, 0) is 49.4 Å². The molecule has 0 saturated heterocycles. The Labute approximate surface area is 161 Å². The molecule has 0 aromatic heterocycles. The van der Waals surface area contributed by atoms with E-state index >= 15 is 0 Å². The number of hydrogen-bond acceptors (Lipinski definition) is 1. The van der Waals surface area contributed by atoms with Crippen molar-refractivity contribution in [2.45, 2.75) is 26.2 Å². The Balaban J connectivity index is 1.77. The number of benzene rings is 3. The molecule has 132 valence electrons. The summed E-state index contributed by atoms with van der Waals surface area (Å²) in [5.41, 5.74) is 4.65. The van der Waals surface area contributed by atoms with Crippen LogP contribution in [0, 0.1) is 24.2 Å². The molecule has 0 N–H and O–H groups in total. The fourth-order valence-electron chi connectivity index (χ4n) is 3.78. The molecule has 0 bridgehead atoms. The molecule has 0 heterocycles.